The summed E-state index contributed by atoms with van der Waals surface area (Å²) in [5, 5.41) is 7.14. The maximum absolute atomic E-state index is 12.6. The van der Waals surface area contributed by atoms with E-state index in [0.29, 0.717) is 6.54 Å². The van der Waals surface area contributed by atoms with Crippen LogP contribution in [0.5, 0.6) is 0 Å². The van der Waals surface area contributed by atoms with Crippen LogP contribution >= 0.6 is 0 Å². The highest BCUT2D eigenvalue weighted by Gasteiger charge is 2.33. The SMILES string of the molecule is Cc1cccc2c(CC(C)NC(=O)CC3C(=O)NCCN3C(C)C)c[nH]c12. The number of carbonyl (C=O) groups excluding carboxylic acids is 2. The van der Waals surface area contributed by atoms with E-state index >= 15 is 0 Å². The lowest BCUT2D eigenvalue weighted by Gasteiger charge is -2.37. The van der Waals surface area contributed by atoms with E-state index in [-0.39, 0.29) is 36.4 Å². The number of benzene rings is 1. The highest BCUT2D eigenvalue weighted by molar-refractivity contribution is 5.89. The monoisotopic (exact) mass is 370 g/mol. The van der Waals surface area contributed by atoms with Crippen LogP contribution in [0.15, 0.2) is 24.4 Å². The van der Waals surface area contributed by atoms with Gasteiger partial charge in [-0.05, 0) is 45.2 Å². The molecule has 0 aliphatic carbocycles. The van der Waals surface area contributed by atoms with Gasteiger partial charge in [0.05, 0.1) is 12.5 Å². The molecule has 3 rings (SSSR count). The van der Waals surface area contributed by atoms with Crippen molar-refractivity contribution in [2.45, 2.75) is 58.7 Å². The highest BCUT2D eigenvalue weighted by atomic mass is 16.2. The minimum atomic E-state index is -0.387. The molecule has 1 aromatic carbocycles. The predicted molar refractivity (Wildman–Crippen MR) is 108 cm³/mol. The molecule has 1 fully saturated rings. The van der Waals surface area contributed by atoms with E-state index in [0.717, 1.165) is 18.5 Å². The van der Waals surface area contributed by atoms with Crippen LogP contribution in [0.3, 0.4) is 0 Å². The third kappa shape index (κ3) is 4.33. The lowest BCUT2D eigenvalue weighted by molar-refractivity contribution is -0.135. The number of rotatable bonds is 6. The van der Waals surface area contributed by atoms with E-state index in [2.05, 4.69) is 59.5 Å². The molecule has 1 saturated heterocycles. The van der Waals surface area contributed by atoms with Crippen molar-refractivity contribution in [2.75, 3.05) is 13.1 Å². The first-order valence-corrected chi connectivity index (χ1v) is 9.75. The number of piperazine rings is 1. The molecule has 146 valence electrons. The fraction of sp³-hybridized carbons (Fsp3) is 0.524. The van der Waals surface area contributed by atoms with Gasteiger partial charge in [-0.1, -0.05) is 18.2 Å². The molecule has 3 N–H and O–H groups in total. The Balaban J connectivity index is 1.61. The number of H-pyrrole nitrogens is 1. The predicted octanol–water partition coefficient (Wildman–Crippen LogP) is 2.12. The van der Waals surface area contributed by atoms with Gasteiger partial charge in [0.2, 0.25) is 11.8 Å². The molecule has 0 radical (unpaired) electrons. The number of amides is 2. The Labute approximate surface area is 160 Å². The fourth-order valence-corrected chi connectivity index (χ4v) is 3.98. The Hall–Kier alpha value is -2.34. The van der Waals surface area contributed by atoms with Crippen molar-refractivity contribution in [1.29, 1.82) is 0 Å². The van der Waals surface area contributed by atoms with Crippen LogP contribution < -0.4 is 10.6 Å². The third-order valence-electron chi connectivity index (χ3n) is 5.36. The largest absolute Gasteiger partial charge is 0.361 e. The summed E-state index contributed by atoms with van der Waals surface area (Å²) >= 11 is 0. The van der Waals surface area contributed by atoms with Crippen molar-refractivity contribution in [3.8, 4) is 0 Å². The number of hydrogen-bond donors (Lipinski definition) is 3. The lowest BCUT2D eigenvalue weighted by Crippen LogP contribution is -2.58. The molecule has 2 atom stereocenters. The van der Waals surface area contributed by atoms with Crippen molar-refractivity contribution >= 4 is 22.7 Å². The molecule has 0 saturated carbocycles. The molecular formula is C21H30N4O2. The number of aromatic amines is 1. The van der Waals surface area contributed by atoms with Gasteiger partial charge in [-0.25, -0.2) is 0 Å². The molecular weight excluding hydrogens is 340 g/mol. The molecule has 1 aliphatic rings. The molecule has 0 spiro atoms. The highest BCUT2D eigenvalue weighted by Crippen LogP contribution is 2.22. The average Bonchev–Trinajstić information content (AvgIpc) is 3.00. The lowest BCUT2D eigenvalue weighted by atomic mass is 10.0. The summed E-state index contributed by atoms with van der Waals surface area (Å²) in [5.41, 5.74) is 3.56. The van der Waals surface area contributed by atoms with Gasteiger partial charge in [0, 0.05) is 42.3 Å². The number of hydrogen-bond acceptors (Lipinski definition) is 3. The van der Waals surface area contributed by atoms with Gasteiger partial charge in [-0.3, -0.25) is 14.5 Å². The van der Waals surface area contributed by atoms with Crippen LogP contribution in [0.1, 0.15) is 38.3 Å². The Bertz CT molecular complexity index is 827. The minimum Gasteiger partial charge on any atom is -0.361 e. The number of aryl methyl sites for hydroxylation is 1. The van der Waals surface area contributed by atoms with Gasteiger partial charge in [0.25, 0.3) is 0 Å². The topological polar surface area (TPSA) is 77.2 Å². The molecule has 6 nitrogen and oxygen atoms in total. The van der Waals surface area contributed by atoms with E-state index in [1.165, 1.54) is 16.5 Å². The summed E-state index contributed by atoms with van der Waals surface area (Å²) in [6.45, 7) is 9.64. The molecule has 6 heteroatoms. The number of nitrogens with zero attached hydrogens (tertiary/aromatic N) is 1. The van der Waals surface area contributed by atoms with Crippen LogP contribution in [0.25, 0.3) is 10.9 Å². The zero-order valence-corrected chi connectivity index (χ0v) is 16.6. The third-order valence-corrected chi connectivity index (χ3v) is 5.36. The fourth-order valence-electron chi connectivity index (χ4n) is 3.98. The second kappa shape index (κ2) is 8.13. The van der Waals surface area contributed by atoms with E-state index in [1.807, 2.05) is 13.1 Å². The maximum Gasteiger partial charge on any atom is 0.237 e. The molecule has 2 unspecified atom stereocenters. The van der Waals surface area contributed by atoms with Gasteiger partial charge in [-0.15, -0.1) is 0 Å². The van der Waals surface area contributed by atoms with E-state index < -0.39 is 0 Å². The second-order valence-corrected chi connectivity index (χ2v) is 7.83. The van der Waals surface area contributed by atoms with Gasteiger partial charge in [0.1, 0.15) is 0 Å². The van der Waals surface area contributed by atoms with E-state index in [4.69, 9.17) is 0 Å². The molecule has 2 aromatic rings. The summed E-state index contributed by atoms with van der Waals surface area (Å²) in [6, 6.07) is 6.10. The van der Waals surface area contributed by atoms with Crippen molar-refractivity contribution in [3.63, 3.8) is 0 Å². The van der Waals surface area contributed by atoms with Crippen LogP contribution in [0.4, 0.5) is 0 Å². The number of para-hydroxylation sites is 1. The smallest absolute Gasteiger partial charge is 0.237 e. The van der Waals surface area contributed by atoms with Crippen LogP contribution in [-0.4, -0.2) is 52.9 Å². The average molecular weight is 370 g/mol. The molecule has 1 aliphatic heterocycles. The van der Waals surface area contributed by atoms with Crippen LogP contribution in [-0.2, 0) is 16.0 Å². The van der Waals surface area contributed by atoms with E-state index in [1.54, 1.807) is 0 Å². The Morgan fingerprint density at radius 3 is 2.85 bits per heavy atom. The van der Waals surface area contributed by atoms with Gasteiger partial charge in [-0.2, -0.15) is 0 Å². The van der Waals surface area contributed by atoms with Crippen molar-refractivity contribution in [2.24, 2.45) is 0 Å². The normalized spacial score (nSPS) is 19.3. The summed E-state index contributed by atoms with van der Waals surface area (Å²) in [7, 11) is 0. The number of aromatic nitrogens is 1. The number of fused-ring (bicyclic) bond motifs is 1. The van der Waals surface area contributed by atoms with Crippen LogP contribution in [0, 0.1) is 6.92 Å². The molecule has 2 amide bonds. The first-order valence-electron chi connectivity index (χ1n) is 9.75. The Morgan fingerprint density at radius 1 is 1.33 bits per heavy atom. The first-order chi connectivity index (χ1) is 12.9. The molecule has 0 bridgehead atoms. The number of carbonyl (C=O) groups is 2. The van der Waals surface area contributed by atoms with Gasteiger partial charge < -0.3 is 15.6 Å². The van der Waals surface area contributed by atoms with Gasteiger partial charge in [0.15, 0.2) is 0 Å². The zero-order valence-electron chi connectivity index (χ0n) is 16.6. The summed E-state index contributed by atoms with van der Waals surface area (Å²) in [6.07, 6.45) is 2.97. The van der Waals surface area contributed by atoms with Crippen molar-refractivity contribution in [1.82, 2.24) is 20.5 Å². The first kappa shape index (κ1) is 19.4. The standard InChI is InChI=1S/C21H30N4O2/c1-13(2)25-9-8-22-21(27)18(25)11-19(26)24-15(4)10-16-12-23-20-14(3)6-5-7-17(16)20/h5-7,12-13,15,18,23H,8-11H2,1-4H3,(H,22,27)(H,24,26). The summed E-state index contributed by atoms with van der Waals surface area (Å²) < 4.78 is 0. The van der Waals surface area contributed by atoms with Crippen molar-refractivity contribution in [3.05, 3.63) is 35.5 Å². The summed E-state index contributed by atoms with van der Waals surface area (Å²) in [5.74, 6) is -0.129. The minimum absolute atomic E-state index is 0.00355. The van der Waals surface area contributed by atoms with E-state index in [9.17, 15) is 9.59 Å². The molecule has 27 heavy (non-hydrogen) atoms. The maximum atomic E-state index is 12.6. The second-order valence-electron chi connectivity index (χ2n) is 7.83. The number of nitrogens with one attached hydrogen (secondary N) is 3. The molecule has 1 aromatic heterocycles. The quantitative estimate of drug-likeness (QED) is 0.729. The zero-order chi connectivity index (χ0) is 19.6. The van der Waals surface area contributed by atoms with Crippen LogP contribution in [0.2, 0.25) is 0 Å². The Morgan fingerprint density at radius 2 is 2.11 bits per heavy atom. The van der Waals surface area contributed by atoms with Crippen molar-refractivity contribution < 1.29 is 9.59 Å². The van der Waals surface area contributed by atoms with Gasteiger partial charge >= 0.3 is 0 Å². The summed E-state index contributed by atoms with van der Waals surface area (Å²) in [4.78, 5) is 30.2. The molecule has 2 heterocycles. The Kier molecular flexibility index (Phi) is 5.85.